The van der Waals surface area contributed by atoms with Gasteiger partial charge in [0, 0.05) is 29.6 Å². The normalized spacial score (nSPS) is 15.0. The summed E-state index contributed by atoms with van der Waals surface area (Å²) in [6, 6.07) is 11.2. The number of amides is 1. The van der Waals surface area contributed by atoms with Gasteiger partial charge in [-0.05, 0) is 49.2 Å². The number of benzene rings is 2. The van der Waals surface area contributed by atoms with Crippen LogP contribution in [-0.2, 0) is 10.0 Å². The van der Waals surface area contributed by atoms with E-state index in [4.69, 9.17) is 23.2 Å². The number of rotatable bonds is 5. The molecule has 10 heteroatoms. The van der Waals surface area contributed by atoms with Crippen LogP contribution >= 0.6 is 34.5 Å². The van der Waals surface area contributed by atoms with Crippen molar-refractivity contribution in [3.63, 3.8) is 0 Å². The molecular weight excluding hydrogens is 477 g/mol. The molecule has 0 unspecified atom stereocenters. The van der Waals surface area contributed by atoms with Crippen molar-refractivity contribution in [2.45, 2.75) is 24.2 Å². The molecule has 1 N–H and O–H groups in total. The van der Waals surface area contributed by atoms with Crippen LogP contribution < -0.4 is 5.32 Å². The van der Waals surface area contributed by atoms with E-state index in [0.717, 1.165) is 24.8 Å². The second-order valence-electron chi connectivity index (χ2n) is 7.11. The fourth-order valence-corrected chi connectivity index (χ4v) is 5.85. The summed E-state index contributed by atoms with van der Waals surface area (Å²) in [7, 11) is -3.53. The van der Waals surface area contributed by atoms with Crippen LogP contribution in [0.25, 0.3) is 11.3 Å². The van der Waals surface area contributed by atoms with Crippen LogP contribution in [0.1, 0.15) is 29.6 Å². The van der Waals surface area contributed by atoms with Crippen molar-refractivity contribution in [1.82, 2.24) is 9.29 Å². The average molecular weight is 496 g/mol. The standard InChI is InChI=1S/C21H19Cl2N3O3S2/c22-17-9-6-15(12-18(17)23)19-13-30-21(24-19)25-20(27)14-4-7-16(8-5-14)31(28,29)26-10-2-1-3-11-26/h4-9,12-13H,1-3,10-11H2,(H,24,25,27). The predicted octanol–water partition coefficient (Wildman–Crippen LogP) is 5.54. The van der Waals surface area contributed by atoms with E-state index in [9.17, 15) is 13.2 Å². The number of nitrogens with zero attached hydrogens (tertiary/aromatic N) is 2. The summed E-state index contributed by atoms with van der Waals surface area (Å²) in [5.74, 6) is -0.364. The molecule has 3 aromatic rings. The summed E-state index contributed by atoms with van der Waals surface area (Å²) < 4.78 is 27.0. The minimum Gasteiger partial charge on any atom is -0.298 e. The molecule has 1 aliphatic heterocycles. The van der Waals surface area contributed by atoms with Gasteiger partial charge in [-0.1, -0.05) is 35.7 Å². The van der Waals surface area contributed by atoms with Crippen LogP contribution in [0, 0.1) is 0 Å². The Labute approximate surface area is 194 Å². The molecule has 1 saturated heterocycles. The highest BCUT2D eigenvalue weighted by Crippen LogP contribution is 2.30. The van der Waals surface area contributed by atoms with Crippen molar-refractivity contribution < 1.29 is 13.2 Å². The van der Waals surface area contributed by atoms with Crippen molar-refractivity contribution in [3.05, 3.63) is 63.5 Å². The van der Waals surface area contributed by atoms with Gasteiger partial charge in [-0.25, -0.2) is 13.4 Å². The summed E-state index contributed by atoms with van der Waals surface area (Å²) in [5, 5.41) is 5.87. The van der Waals surface area contributed by atoms with Gasteiger partial charge in [0.25, 0.3) is 5.91 Å². The number of carbonyl (C=O) groups excluding carboxylic acids is 1. The second-order valence-corrected chi connectivity index (χ2v) is 10.7. The summed E-state index contributed by atoms with van der Waals surface area (Å²) in [4.78, 5) is 17.2. The molecule has 1 aromatic heterocycles. The maximum absolute atomic E-state index is 12.7. The molecule has 1 fully saturated rings. The van der Waals surface area contributed by atoms with Gasteiger partial charge in [-0.15, -0.1) is 11.3 Å². The third-order valence-electron chi connectivity index (χ3n) is 5.01. The number of anilines is 1. The largest absolute Gasteiger partial charge is 0.298 e. The minimum atomic E-state index is -3.53. The van der Waals surface area contributed by atoms with Crippen molar-refractivity contribution in [2.75, 3.05) is 18.4 Å². The molecule has 0 saturated carbocycles. The molecule has 0 radical (unpaired) electrons. The molecule has 0 spiro atoms. The molecule has 6 nitrogen and oxygen atoms in total. The van der Waals surface area contributed by atoms with Crippen LogP contribution in [-0.4, -0.2) is 36.7 Å². The lowest BCUT2D eigenvalue weighted by atomic mass is 10.2. The highest BCUT2D eigenvalue weighted by atomic mass is 35.5. The number of nitrogens with one attached hydrogen (secondary N) is 1. The average Bonchev–Trinajstić information content (AvgIpc) is 3.25. The Morgan fingerprint density at radius 2 is 1.71 bits per heavy atom. The Balaban J connectivity index is 1.45. The molecule has 31 heavy (non-hydrogen) atoms. The first-order chi connectivity index (χ1) is 14.8. The van der Waals surface area contributed by atoms with Crippen LogP contribution in [0.2, 0.25) is 10.0 Å². The molecular formula is C21H19Cl2N3O3S2. The number of halogens is 2. The van der Waals surface area contributed by atoms with E-state index in [-0.39, 0.29) is 10.8 Å². The van der Waals surface area contributed by atoms with Crippen molar-refractivity contribution in [1.29, 1.82) is 0 Å². The molecule has 0 atom stereocenters. The van der Waals surface area contributed by atoms with Gasteiger partial charge in [0.15, 0.2) is 5.13 Å². The van der Waals surface area contributed by atoms with E-state index >= 15 is 0 Å². The van der Waals surface area contributed by atoms with E-state index in [2.05, 4.69) is 10.3 Å². The predicted molar refractivity (Wildman–Crippen MR) is 125 cm³/mol. The number of hydrogen-bond acceptors (Lipinski definition) is 5. The Hall–Kier alpha value is -1.97. The number of sulfonamides is 1. The number of hydrogen-bond donors (Lipinski definition) is 1. The zero-order chi connectivity index (χ0) is 22.0. The molecule has 1 amide bonds. The summed E-state index contributed by atoms with van der Waals surface area (Å²) >= 11 is 13.3. The van der Waals surface area contributed by atoms with Gasteiger partial charge in [0.2, 0.25) is 10.0 Å². The third-order valence-corrected chi connectivity index (χ3v) is 8.42. The SMILES string of the molecule is O=C(Nc1nc(-c2ccc(Cl)c(Cl)c2)cs1)c1ccc(S(=O)(=O)N2CCCCC2)cc1. The zero-order valence-corrected chi connectivity index (χ0v) is 19.5. The second kappa shape index (κ2) is 9.26. The first-order valence-electron chi connectivity index (χ1n) is 9.67. The Bertz CT molecular complexity index is 1200. The monoisotopic (exact) mass is 495 g/mol. The third kappa shape index (κ3) is 4.94. The topological polar surface area (TPSA) is 79.4 Å². The molecule has 4 rings (SSSR count). The van der Waals surface area contributed by atoms with Gasteiger partial charge in [-0.2, -0.15) is 4.31 Å². The lowest BCUT2D eigenvalue weighted by Crippen LogP contribution is -2.35. The molecule has 0 aliphatic carbocycles. The quantitative estimate of drug-likeness (QED) is 0.503. The van der Waals surface area contributed by atoms with E-state index in [1.807, 2.05) is 5.38 Å². The Morgan fingerprint density at radius 3 is 2.39 bits per heavy atom. The van der Waals surface area contributed by atoms with Gasteiger partial charge in [-0.3, -0.25) is 10.1 Å². The highest BCUT2D eigenvalue weighted by Gasteiger charge is 2.26. The fourth-order valence-electron chi connectivity index (χ4n) is 3.32. The Morgan fingerprint density at radius 1 is 1.00 bits per heavy atom. The molecule has 0 bridgehead atoms. The highest BCUT2D eigenvalue weighted by molar-refractivity contribution is 7.89. The maximum Gasteiger partial charge on any atom is 0.257 e. The molecule has 2 heterocycles. The van der Waals surface area contributed by atoms with Gasteiger partial charge < -0.3 is 0 Å². The van der Waals surface area contributed by atoms with Crippen molar-refractivity contribution >= 4 is 55.6 Å². The lowest BCUT2D eigenvalue weighted by molar-refractivity contribution is 0.102. The van der Waals surface area contributed by atoms with Gasteiger partial charge in [0.05, 0.1) is 20.6 Å². The first kappa shape index (κ1) is 22.2. The number of carbonyl (C=O) groups is 1. The number of piperidine rings is 1. The first-order valence-corrected chi connectivity index (χ1v) is 12.7. The van der Waals surface area contributed by atoms with Crippen LogP contribution in [0.4, 0.5) is 5.13 Å². The van der Waals surface area contributed by atoms with Crippen LogP contribution in [0.15, 0.2) is 52.7 Å². The van der Waals surface area contributed by atoms with Crippen molar-refractivity contribution in [3.8, 4) is 11.3 Å². The Kier molecular flexibility index (Phi) is 6.64. The van der Waals surface area contributed by atoms with E-state index in [1.165, 1.54) is 39.9 Å². The van der Waals surface area contributed by atoms with Gasteiger partial charge in [0.1, 0.15) is 0 Å². The van der Waals surface area contributed by atoms with E-state index in [0.29, 0.717) is 39.5 Å². The molecule has 1 aliphatic rings. The number of thiazole rings is 1. The minimum absolute atomic E-state index is 0.196. The van der Waals surface area contributed by atoms with Crippen LogP contribution in [0.3, 0.4) is 0 Å². The van der Waals surface area contributed by atoms with Crippen LogP contribution in [0.5, 0.6) is 0 Å². The van der Waals surface area contributed by atoms with E-state index < -0.39 is 10.0 Å². The maximum atomic E-state index is 12.7. The zero-order valence-electron chi connectivity index (χ0n) is 16.3. The smallest absolute Gasteiger partial charge is 0.257 e. The lowest BCUT2D eigenvalue weighted by Gasteiger charge is -2.25. The van der Waals surface area contributed by atoms with Gasteiger partial charge >= 0.3 is 0 Å². The fraction of sp³-hybridized carbons (Fsp3) is 0.238. The molecule has 2 aromatic carbocycles. The summed E-state index contributed by atoms with van der Waals surface area (Å²) in [6.45, 7) is 1.07. The number of aromatic nitrogens is 1. The van der Waals surface area contributed by atoms with Crippen molar-refractivity contribution in [2.24, 2.45) is 0 Å². The summed E-state index contributed by atoms with van der Waals surface area (Å²) in [6.07, 6.45) is 2.80. The summed E-state index contributed by atoms with van der Waals surface area (Å²) in [5.41, 5.74) is 1.81. The molecule has 162 valence electrons. The van der Waals surface area contributed by atoms with E-state index in [1.54, 1.807) is 18.2 Å².